The molecule has 1 heteroatoms. The van der Waals surface area contributed by atoms with Crippen LogP contribution in [-0.4, -0.2) is 0 Å². The van der Waals surface area contributed by atoms with Crippen LogP contribution in [0.25, 0.3) is 10.8 Å². The summed E-state index contributed by atoms with van der Waals surface area (Å²) in [6.45, 7) is 4.38. The van der Waals surface area contributed by atoms with Gasteiger partial charge in [0, 0.05) is 16.7 Å². The summed E-state index contributed by atoms with van der Waals surface area (Å²) in [5.74, 6) is 1.64. The molecule has 1 unspecified atom stereocenters. The zero-order valence-corrected chi connectivity index (χ0v) is 8.08. The molecule has 1 aromatic carbocycles. The molecule has 1 aromatic heterocycles. The van der Waals surface area contributed by atoms with Crippen LogP contribution in [0, 0.1) is 0 Å². The molecule has 13 heavy (non-hydrogen) atoms. The zero-order chi connectivity index (χ0) is 9.26. The lowest BCUT2D eigenvalue weighted by Crippen LogP contribution is -1.88. The molecule has 0 saturated carbocycles. The third kappa shape index (κ3) is 1.35. The van der Waals surface area contributed by atoms with Gasteiger partial charge in [-0.2, -0.15) is 0 Å². The van der Waals surface area contributed by atoms with Gasteiger partial charge < -0.3 is 4.42 Å². The first-order chi connectivity index (χ1) is 6.33. The molecule has 0 spiro atoms. The van der Waals surface area contributed by atoms with E-state index in [-0.39, 0.29) is 0 Å². The van der Waals surface area contributed by atoms with E-state index in [0.29, 0.717) is 5.92 Å². The minimum Gasteiger partial charge on any atom is -0.468 e. The second-order valence-corrected chi connectivity index (χ2v) is 3.50. The SMILES string of the molecule is CCC(C)c1occ2ccccc12. The van der Waals surface area contributed by atoms with Crippen LogP contribution in [0.15, 0.2) is 34.9 Å². The van der Waals surface area contributed by atoms with Crippen molar-refractivity contribution in [2.75, 3.05) is 0 Å². The van der Waals surface area contributed by atoms with Crippen molar-refractivity contribution in [1.82, 2.24) is 0 Å². The van der Waals surface area contributed by atoms with Gasteiger partial charge >= 0.3 is 0 Å². The Morgan fingerprint density at radius 3 is 2.85 bits per heavy atom. The molecule has 1 heterocycles. The lowest BCUT2D eigenvalue weighted by molar-refractivity contribution is 0.474. The summed E-state index contributed by atoms with van der Waals surface area (Å²) in [7, 11) is 0. The summed E-state index contributed by atoms with van der Waals surface area (Å²) < 4.78 is 5.57. The molecule has 0 aliphatic heterocycles. The van der Waals surface area contributed by atoms with Gasteiger partial charge in [0.15, 0.2) is 0 Å². The number of rotatable bonds is 2. The van der Waals surface area contributed by atoms with E-state index >= 15 is 0 Å². The first kappa shape index (κ1) is 8.36. The number of furan rings is 1. The Balaban J connectivity index is 2.57. The quantitative estimate of drug-likeness (QED) is 0.672. The summed E-state index contributed by atoms with van der Waals surface area (Å²) in [6.07, 6.45) is 2.97. The number of hydrogen-bond donors (Lipinski definition) is 0. The molecule has 1 nitrogen and oxygen atoms in total. The van der Waals surface area contributed by atoms with Crippen LogP contribution in [0.5, 0.6) is 0 Å². The monoisotopic (exact) mass is 174 g/mol. The Kier molecular flexibility index (Phi) is 2.09. The lowest BCUT2D eigenvalue weighted by Gasteiger charge is -2.04. The molecule has 0 N–H and O–H groups in total. The van der Waals surface area contributed by atoms with Crippen molar-refractivity contribution in [3.63, 3.8) is 0 Å². The van der Waals surface area contributed by atoms with Gasteiger partial charge in [-0.1, -0.05) is 38.1 Å². The summed E-state index contributed by atoms with van der Waals surface area (Å²) in [5, 5.41) is 2.47. The van der Waals surface area contributed by atoms with Gasteiger partial charge in [0.25, 0.3) is 0 Å². The molecule has 0 bridgehead atoms. The maximum absolute atomic E-state index is 5.57. The van der Waals surface area contributed by atoms with Crippen LogP contribution >= 0.6 is 0 Å². The van der Waals surface area contributed by atoms with E-state index in [1.807, 2.05) is 12.3 Å². The molecule has 2 rings (SSSR count). The third-order valence-electron chi connectivity index (χ3n) is 2.60. The van der Waals surface area contributed by atoms with E-state index in [1.54, 1.807) is 0 Å². The predicted octanol–water partition coefficient (Wildman–Crippen LogP) is 3.95. The molecule has 68 valence electrons. The fourth-order valence-electron chi connectivity index (χ4n) is 1.58. The highest BCUT2D eigenvalue weighted by Crippen LogP contribution is 2.28. The van der Waals surface area contributed by atoms with Crippen LogP contribution in [0.2, 0.25) is 0 Å². The molecule has 1 atom stereocenters. The second-order valence-electron chi connectivity index (χ2n) is 3.50. The van der Waals surface area contributed by atoms with Crippen LogP contribution in [0.4, 0.5) is 0 Å². The zero-order valence-electron chi connectivity index (χ0n) is 8.08. The Labute approximate surface area is 78.4 Å². The number of benzene rings is 1. The van der Waals surface area contributed by atoms with Crippen LogP contribution in [0.3, 0.4) is 0 Å². The van der Waals surface area contributed by atoms with Crippen molar-refractivity contribution >= 4 is 10.8 Å². The Morgan fingerprint density at radius 2 is 2.08 bits per heavy atom. The van der Waals surface area contributed by atoms with Crippen molar-refractivity contribution < 1.29 is 4.42 Å². The van der Waals surface area contributed by atoms with E-state index in [4.69, 9.17) is 4.42 Å². The second kappa shape index (κ2) is 3.25. The molecule has 0 radical (unpaired) electrons. The van der Waals surface area contributed by atoms with E-state index in [9.17, 15) is 0 Å². The fourth-order valence-corrected chi connectivity index (χ4v) is 1.58. The topological polar surface area (TPSA) is 13.1 Å². The van der Waals surface area contributed by atoms with Gasteiger partial charge in [-0.15, -0.1) is 0 Å². The normalized spacial score (nSPS) is 13.4. The Hall–Kier alpha value is -1.24. The van der Waals surface area contributed by atoms with Crippen LogP contribution < -0.4 is 0 Å². The van der Waals surface area contributed by atoms with E-state index in [1.165, 1.54) is 10.8 Å². The van der Waals surface area contributed by atoms with Gasteiger partial charge in [0.1, 0.15) is 5.76 Å². The van der Waals surface area contributed by atoms with Crippen molar-refractivity contribution in [1.29, 1.82) is 0 Å². The number of fused-ring (bicyclic) bond motifs is 1. The van der Waals surface area contributed by atoms with Crippen molar-refractivity contribution in [2.45, 2.75) is 26.2 Å². The summed E-state index contributed by atoms with van der Waals surface area (Å²) in [6, 6.07) is 8.31. The highest BCUT2D eigenvalue weighted by atomic mass is 16.3. The van der Waals surface area contributed by atoms with Crippen LogP contribution in [-0.2, 0) is 0 Å². The molecule has 0 saturated heterocycles. The highest BCUT2D eigenvalue weighted by molar-refractivity contribution is 5.84. The van der Waals surface area contributed by atoms with Crippen molar-refractivity contribution in [3.8, 4) is 0 Å². The van der Waals surface area contributed by atoms with Gasteiger partial charge in [-0.3, -0.25) is 0 Å². The highest BCUT2D eigenvalue weighted by Gasteiger charge is 2.10. The molecule has 0 aliphatic carbocycles. The van der Waals surface area contributed by atoms with Gasteiger partial charge in [0.05, 0.1) is 6.26 Å². The van der Waals surface area contributed by atoms with E-state index in [0.717, 1.165) is 12.2 Å². The molecule has 2 aromatic rings. The van der Waals surface area contributed by atoms with E-state index < -0.39 is 0 Å². The molecular weight excluding hydrogens is 160 g/mol. The average Bonchev–Trinajstić information content (AvgIpc) is 2.60. The molecule has 0 aliphatic rings. The summed E-state index contributed by atoms with van der Waals surface area (Å²) in [4.78, 5) is 0. The molecular formula is C12H14O. The summed E-state index contributed by atoms with van der Waals surface area (Å²) in [5.41, 5.74) is 0. The van der Waals surface area contributed by atoms with Gasteiger partial charge in [0.2, 0.25) is 0 Å². The fraction of sp³-hybridized carbons (Fsp3) is 0.333. The van der Waals surface area contributed by atoms with Crippen LogP contribution in [0.1, 0.15) is 31.9 Å². The third-order valence-corrected chi connectivity index (χ3v) is 2.60. The van der Waals surface area contributed by atoms with Crippen molar-refractivity contribution in [3.05, 3.63) is 36.3 Å². The summed E-state index contributed by atoms with van der Waals surface area (Å²) >= 11 is 0. The Bertz CT molecular complexity index is 400. The maximum atomic E-state index is 5.57. The van der Waals surface area contributed by atoms with Crippen molar-refractivity contribution in [2.24, 2.45) is 0 Å². The first-order valence-corrected chi connectivity index (χ1v) is 4.79. The van der Waals surface area contributed by atoms with Gasteiger partial charge in [-0.25, -0.2) is 0 Å². The minimum atomic E-state index is 0.514. The first-order valence-electron chi connectivity index (χ1n) is 4.79. The van der Waals surface area contributed by atoms with E-state index in [2.05, 4.69) is 32.0 Å². The Morgan fingerprint density at radius 1 is 1.31 bits per heavy atom. The standard InChI is InChI=1S/C12H14O/c1-3-9(2)12-11-7-5-4-6-10(11)8-13-12/h4-9H,3H2,1-2H3. The number of hydrogen-bond acceptors (Lipinski definition) is 1. The smallest absolute Gasteiger partial charge is 0.114 e. The predicted molar refractivity (Wildman–Crippen MR) is 54.9 cm³/mol. The maximum Gasteiger partial charge on any atom is 0.114 e. The molecule has 0 fully saturated rings. The molecule has 0 amide bonds. The van der Waals surface area contributed by atoms with Gasteiger partial charge in [-0.05, 0) is 6.42 Å². The average molecular weight is 174 g/mol. The largest absolute Gasteiger partial charge is 0.468 e. The minimum absolute atomic E-state index is 0.514. The lowest BCUT2D eigenvalue weighted by atomic mass is 10.0.